The van der Waals surface area contributed by atoms with Gasteiger partial charge in [-0.15, -0.1) is 0 Å². The SMILES string of the molecule is CCCOc1ccc(S(=O)(=O)N[C@@H](CC)CO)cc1. The third-order valence-electron chi connectivity index (χ3n) is 2.64. The zero-order valence-electron chi connectivity index (χ0n) is 11.3. The van der Waals surface area contributed by atoms with Crippen LogP contribution in [0.5, 0.6) is 5.75 Å². The number of sulfonamides is 1. The molecule has 2 N–H and O–H groups in total. The van der Waals surface area contributed by atoms with E-state index in [0.29, 0.717) is 18.8 Å². The Kier molecular flexibility index (Phi) is 6.27. The van der Waals surface area contributed by atoms with E-state index < -0.39 is 16.1 Å². The molecule has 0 amide bonds. The summed E-state index contributed by atoms with van der Waals surface area (Å²) in [5.74, 6) is 0.648. The molecule has 1 atom stereocenters. The molecule has 0 aromatic heterocycles. The maximum atomic E-state index is 12.0. The van der Waals surface area contributed by atoms with Crippen molar-refractivity contribution in [3.63, 3.8) is 0 Å². The molecule has 5 nitrogen and oxygen atoms in total. The fraction of sp³-hybridized carbons (Fsp3) is 0.538. The molecule has 6 heteroatoms. The van der Waals surface area contributed by atoms with Crippen LogP contribution in [0.4, 0.5) is 0 Å². The molecular formula is C13H21NO4S. The number of aliphatic hydroxyl groups is 1. The molecule has 0 fully saturated rings. The first-order valence-electron chi connectivity index (χ1n) is 6.39. The van der Waals surface area contributed by atoms with Crippen molar-refractivity contribution in [2.24, 2.45) is 0 Å². The lowest BCUT2D eigenvalue weighted by atomic mass is 10.3. The minimum atomic E-state index is -3.59. The Balaban J connectivity index is 2.78. The van der Waals surface area contributed by atoms with Crippen LogP contribution in [0.25, 0.3) is 0 Å². The zero-order valence-corrected chi connectivity index (χ0v) is 12.1. The minimum Gasteiger partial charge on any atom is -0.494 e. The quantitative estimate of drug-likeness (QED) is 0.760. The summed E-state index contributed by atoms with van der Waals surface area (Å²) in [7, 11) is -3.59. The summed E-state index contributed by atoms with van der Waals surface area (Å²) < 4.78 is 31.9. The average molecular weight is 287 g/mol. The fourth-order valence-electron chi connectivity index (χ4n) is 1.47. The molecule has 1 aromatic rings. The van der Waals surface area contributed by atoms with Crippen LogP contribution >= 0.6 is 0 Å². The smallest absolute Gasteiger partial charge is 0.240 e. The van der Waals surface area contributed by atoms with E-state index in [1.807, 2.05) is 13.8 Å². The highest BCUT2D eigenvalue weighted by Gasteiger charge is 2.18. The van der Waals surface area contributed by atoms with E-state index in [9.17, 15) is 8.42 Å². The van der Waals surface area contributed by atoms with Crippen LogP contribution in [0.2, 0.25) is 0 Å². The van der Waals surface area contributed by atoms with Crippen molar-refractivity contribution >= 4 is 10.0 Å². The summed E-state index contributed by atoms with van der Waals surface area (Å²) in [6, 6.07) is 5.80. The molecule has 0 saturated heterocycles. The second-order valence-electron chi connectivity index (χ2n) is 4.23. The summed E-state index contributed by atoms with van der Waals surface area (Å²) in [6.45, 7) is 4.20. The first kappa shape index (κ1) is 15.9. The molecule has 0 unspecified atom stereocenters. The predicted octanol–water partition coefficient (Wildman–Crippen LogP) is 1.52. The van der Waals surface area contributed by atoms with E-state index in [1.165, 1.54) is 12.1 Å². The molecule has 0 aliphatic carbocycles. The van der Waals surface area contributed by atoms with Gasteiger partial charge in [-0.25, -0.2) is 13.1 Å². The molecule has 19 heavy (non-hydrogen) atoms. The van der Waals surface area contributed by atoms with Crippen molar-refractivity contribution in [2.45, 2.75) is 37.6 Å². The molecule has 1 aromatic carbocycles. The molecule has 0 radical (unpaired) electrons. The van der Waals surface area contributed by atoms with Gasteiger partial charge in [0.2, 0.25) is 10.0 Å². The molecule has 0 aliphatic heterocycles. The standard InChI is InChI=1S/C13H21NO4S/c1-3-9-18-12-5-7-13(8-6-12)19(16,17)14-11(4-2)10-15/h5-8,11,14-15H,3-4,9-10H2,1-2H3/t11-/m0/s1. The molecule has 0 saturated carbocycles. The summed E-state index contributed by atoms with van der Waals surface area (Å²) >= 11 is 0. The van der Waals surface area contributed by atoms with Crippen LogP contribution in [-0.4, -0.2) is 32.8 Å². The first-order valence-corrected chi connectivity index (χ1v) is 7.87. The van der Waals surface area contributed by atoms with E-state index >= 15 is 0 Å². The first-order chi connectivity index (χ1) is 9.03. The van der Waals surface area contributed by atoms with Crippen molar-refractivity contribution in [3.8, 4) is 5.75 Å². The maximum Gasteiger partial charge on any atom is 0.240 e. The Morgan fingerprint density at radius 2 is 1.89 bits per heavy atom. The number of nitrogens with one attached hydrogen (secondary N) is 1. The summed E-state index contributed by atoms with van der Waals surface area (Å²) in [6.07, 6.45) is 1.43. The predicted molar refractivity (Wildman–Crippen MR) is 73.7 cm³/mol. The van der Waals surface area contributed by atoms with Gasteiger partial charge in [0, 0.05) is 6.04 Å². The second-order valence-corrected chi connectivity index (χ2v) is 5.94. The molecule has 108 valence electrons. The maximum absolute atomic E-state index is 12.0. The van der Waals surface area contributed by atoms with Crippen molar-refractivity contribution < 1.29 is 18.3 Å². The Hall–Kier alpha value is -1.11. The Bertz CT molecular complexity index is 466. The van der Waals surface area contributed by atoms with Crippen LogP contribution in [0, 0.1) is 0 Å². The Morgan fingerprint density at radius 3 is 2.37 bits per heavy atom. The number of rotatable bonds is 8. The van der Waals surface area contributed by atoms with Crippen LogP contribution in [0.1, 0.15) is 26.7 Å². The fourth-order valence-corrected chi connectivity index (χ4v) is 2.78. The second kappa shape index (κ2) is 7.47. The van der Waals surface area contributed by atoms with Crippen LogP contribution in [0.3, 0.4) is 0 Å². The Labute approximate surface area is 114 Å². The lowest BCUT2D eigenvalue weighted by Crippen LogP contribution is -2.36. The third-order valence-corrected chi connectivity index (χ3v) is 4.18. The summed E-state index contributed by atoms with van der Waals surface area (Å²) in [5.41, 5.74) is 0. The van der Waals surface area contributed by atoms with Gasteiger partial charge in [0.1, 0.15) is 5.75 Å². The van der Waals surface area contributed by atoms with Gasteiger partial charge >= 0.3 is 0 Å². The van der Waals surface area contributed by atoms with Crippen LogP contribution in [-0.2, 0) is 10.0 Å². The Morgan fingerprint density at radius 1 is 1.26 bits per heavy atom. The monoisotopic (exact) mass is 287 g/mol. The van der Waals surface area contributed by atoms with E-state index in [1.54, 1.807) is 12.1 Å². The van der Waals surface area contributed by atoms with Gasteiger partial charge < -0.3 is 9.84 Å². The van der Waals surface area contributed by atoms with Gasteiger partial charge in [-0.2, -0.15) is 0 Å². The van der Waals surface area contributed by atoms with E-state index in [0.717, 1.165) is 6.42 Å². The highest BCUT2D eigenvalue weighted by molar-refractivity contribution is 7.89. The highest BCUT2D eigenvalue weighted by atomic mass is 32.2. The molecule has 0 heterocycles. The number of ether oxygens (including phenoxy) is 1. The summed E-state index contributed by atoms with van der Waals surface area (Å²) in [4.78, 5) is 0.170. The highest BCUT2D eigenvalue weighted by Crippen LogP contribution is 2.16. The van der Waals surface area contributed by atoms with E-state index in [-0.39, 0.29) is 11.5 Å². The topological polar surface area (TPSA) is 75.6 Å². The lowest BCUT2D eigenvalue weighted by Gasteiger charge is -2.14. The van der Waals surface area contributed by atoms with Gasteiger partial charge in [0.05, 0.1) is 18.1 Å². The van der Waals surface area contributed by atoms with E-state index in [4.69, 9.17) is 9.84 Å². The number of benzene rings is 1. The van der Waals surface area contributed by atoms with Crippen LogP contribution in [0.15, 0.2) is 29.2 Å². The molecular weight excluding hydrogens is 266 g/mol. The minimum absolute atomic E-state index is 0.170. The van der Waals surface area contributed by atoms with Crippen molar-refractivity contribution in [3.05, 3.63) is 24.3 Å². The lowest BCUT2D eigenvalue weighted by molar-refractivity contribution is 0.254. The molecule has 0 bridgehead atoms. The van der Waals surface area contributed by atoms with Gasteiger partial charge in [0.15, 0.2) is 0 Å². The normalized spacial score (nSPS) is 13.2. The van der Waals surface area contributed by atoms with Crippen molar-refractivity contribution in [2.75, 3.05) is 13.2 Å². The third kappa shape index (κ3) is 4.81. The van der Waals surface area contributed by atoms with Gasteiger partial charge in [0.25, 0.3) is 0 Å². The van der Waals surface area contributed by atoms with Gasteiger partial charge in [-0.3, -0.25) is 0 Å². The van der Waals surface area contributed by atoms with Gasteiger partial charge in [-0.05, 0) is 37.1 Å². The van der Waals surface area contributed by atoms with Crippen molar-refractivity contribution in [1.82, 2.24) is 4.72 Å². The van der Waals surface area contributed by atoms with E-state index in [2.05, 4.69) is 4.72 Å². The average Bonchev–Trinajstić information content (AvgIpc) is 2.43. The zero-order chi connectivity index (χ0) is 14.3. The van der Waals surface area contributed by atoms with Crippen molar-refractivity contribution in [1.29, 1.82) is 0 Å². The molecule has 0 spiro atoms. The molecule has 0 aliphatic rings. The van der Waals surface area contributed by atoms with Crippen LogP contribution < -0.4 is 9.46 Å². The largest absolute Gasteiger partial charge is 0.494 e. The number of hydrogen-bond acceptors (Lipinski definition) is 4. The number of aliphatic hydroxyl groups excluding tert-OH is 1. The van der Waals surface area contributed by atoms with Gasteiger partial charge in [-0.1, -0.05) is 13.8 Å². The molecule has 1 rings (SSSR count). The summed E-state index contributed by atoms with van der Waals surface area (Å²) in [5, 5.41) is 9.03. The number of hydrogen-bond donors (Lipinski definition) is 2.